The summed E-state index contributed by atoms with van der Waals surface area (Å²) in [6.07, 6.45) is 0.633. The van der Waals surface area contributed by atoms with Gasteiger partial charge in [-0.1, -0.05) is 25.1 Å². The Morgan fingerprint density at radius 1 is 1.20 bits per heavy atom. The molecular formula is C15H16N2O3. The fourth-order valence-corrected chi connectivity index (χ4v) is 1.96. The van der Waals surface area contributed by atoms with Crippen LogP contribution in [0.15, 0.2) is 42.5 Å². The van der Waals surface area contributed by atoms with Crippen molar-refractivity contribution in [2.24, 2.45) is 0 Å². The Hall–Kier alpha value is -2.56. The summed E-state index contributed by atoms with van der Waals surface area (Å²) >= 11 is 0. The van der Waals surface area contributed by atoms with Gasteiger partial charge in [0, 0.05) is 23.9 Å². The van der Waals surface area contributed by atoms with Gasteiger partial charge in [-0.15, -0.1) is 0 Å². The van der Waals surface area contributed by atoms with Crippen LogP contribution in [0.3, 0.4) is 0 Å². The fourth-order valence-electron chi connectivity index (χ4n) is 1.96. The molecule has 5 heteroatoms. The van der Waals surface area contributed by atoms with Crippen molar-refractivity contribution in [1.82, 2.24) is 0 Å². The SMILES string of the molecule is CCc1ccc(NCc2ccc(O)cc2)cc1[N+](=O)[O-]. The molecule has 0 aliphatic heterocycles. The average molecular weight is 272 g/mol. The molecule has 2 aromatic rings. The van der Waals surface area contributed by atoms with Gasteiger partial charge >= 0.3 is 0 Å². The topological polar surface area (TPSA) is 75.4 Å². The predicted octanol–water partition coefficient (Wildman–Crippen LogP) is 3.47. The van der Waals surface area contributed by atoms with Crippen LogP contribution in [0.4, 0.5) is 11.4 Å². The molecule has 0 bridgehead atoms. The molecule has 0 aliphatic rings. The number of hydrogen-bond donors (Lipinski definition) is 2. The number of phenolic OH excluding ortho intramolecular Hbond substituents is 1. The number of nitrogens with one attached hydrogen (secondary N) is 1. The number of benzene rings is 2. The maximum atomic E-state index is 11.0. The van der Waals surface area contributed by atoms with Gasteiger partial charge < -0.3 is 10.4 Å². The predicted molar refractivity (Wildman–Crippen MR) is 77.9 cm³/mol. The first-order chi connectivity index (χ1) is 9.60. The lowest BCUT2D eigenvalue weighted by atomic mass is 10.1. The quantitative estimate of drug-likeness (QED) is 0.645. The smallest absolute Gasteiger partial charge is 0.274 e. The zero-order chi connectivity index (χ0) is 14.5. The van der Waals surface area contributed by atoms with E-state index in [1.807, 2.05) is 13.0 Å². The van der Waals surface area contributed by atoms with Crippen molar-refractivity contribution in [3.63, 3.8) is 0 Å². The monoisotopic (exact) mass is 272 g/mol. The van der Waals surface area contributed by atoms with Gasteiger partial charge in [0.25, 0.3) is 5.69 Å². The Balaban J connectivity index is 2.11. The number of aryl methyl sites for hydroxylation is 1. The van der Waals surface area contributed by atoms with E-state index >= 15 is 0 Å². The molecule has 0 amide bonds. The Morgan fingerprint density at radius 2 is 1.90 bits per heavy atom. The third-order valence-corrected chi connectivity index (χ3v) is 3.10. The van der Waals surface area contributed by atoms with Gasteiger partial charge in [-0.25, -0.2) is 0 Å². The van der Waals surface area contributed by atoms with Gasteiger partial charge in [0.2, 0.25) is 0 Å². The van der Waals surface area contributed by atoms with Crippen LogP contribution in [0.2, 0.25) is 0 Å². The summed E-state index contributed by atoms with van der Waals surface area (Å²) in [5.41, 5.74) is 2.57. The third-order valence-electron chi connectivity index (χ3n) is 3.10. The summed E-state index contributed by atoms with van der Waals surface area (Å²) in [6.45, 7) is 2.44. The highest BCUT2D eigenvalue weighted by atomic mass is 16.6. The molecule has 0 atom stereocenters. The highest BCUT2D eigenvalue weighted by Gasteiger charge is 2.12. The lowest BCUT2D eigenvalue weighted by molar-refractivity contribution is -0.385. The van der Waals surface area contributed by atoms with Crippen molar-refractivity contribution in [2.45, 2.75) is 19.9 Å². The second kappa shape index (κ2) is 6.06. The number of rotatable bonds is 5. The number of nitro benzene ring substituents is 1. The molecule has 2 rings (SSSR count). The van der Waals surface area contributed by atoms with Crippen LogP contribution >= 0.6 is 0 Å². The zero-order valence-electron chi connectivity index (χ0n) is 11.2. The van der Waals surface area contributed by atoms with Crippen LogP contribution in [0.25, 0.3) is 0 Å². The first kappa shape index (κ1) is 13.9. The van der Waals surface area contributed by atoms with E-state index in [1.165, 1.54) is 0 Å². The van der Waals surface area contributed by atoms with Crippen LogP contribution in [-0.2, 0) is 13.0 Å². The molecular weight excluding hydrogens is 256 g/mol. The van der Waals surface area contributed by atoms with Crippen LogP contribution in [-0.4, -0.2) is 10.0 Å². The second-order valence-corrected chi connectivity index (χ2v) is 4.47. The highest BCUT2D eigenvalue weighted by Crippen LogP contribution is 2.24. The number of nitro groups is 1. The molecule has 0 fully saturated rings. The van der Waals surface area contributed by atoms with Crippen molar-refractivity contribution in [3.8, 4) is 5.75 Å². The van der Waals surface area contributed by atoms with E-state index in [9.17, 15) is 15.2 Å². The maximum absolute atomic E-state index is 11.0. The van der Waals surface area contributed by atoms with E-state index in [0.717, 1.165) is 11.1 Å². The average Bonchev–Trinajstić information content (AvgIpc) is 2.46. The lowest BCUT2D eigenvalue weighted by Crippen LogP contribution is -2.01. The van der Waals surface area contributed by atoms with E-state index in [-0.39, 0.29) is 16.4 Å². The van der Waals surface area contributed by atoms with E-state index in [0.29, 0.717) is 18.7 Å². The molecule has 0 radical (unpaired) electrons. The zero-order valence-corrected chi connectivity index (χ0v) is 11.2. The fraction of sp³-hybridized carbons (Fsp3) is 0.200. The number of phenols is 1. The largest absolute Gasteiger partial charge is 0.508 e. The van der Waals surface area contributed by atoms with Crippen molar-refractivity contribution >= 4 is 11.4 Å². The van der Waals surface area contributed by atoms with Crippen LogP contribution in [0.5, 0.6) is 5.75 Å². The minimum Gasteiger partial charge on any atom is -0.508 e. The highest BCUT2D eigenvalue weighted by molar-refractivity contribution is 5.55. The maximum Gasteiger partial charge on any atom is 0.274 e. The van der Waals surface area contributed by atoms with Crippen LogP contribution in [0, 0.1) is 10.1 Å². The molecule has 0 unspecified atom stereocenters. The summed E-state index contributed by atoms with van der Waals surface area (Å²) in [5.74, 6) is 0.219. The number of aromatic hydroxyl groups is 1. The number of hydrogen-bond acceptors (Lipinski definition) is 4. The first-order valence-corrected chi connectivity index (χ1v) is 6.39. The summed E-state index contributed by atoms with van der Waals surface area (Å²) in [6, 6.07) is 12.0. The first-order valence-electron chi connectivity index (χ1n) is 6.39. The van der Waals surface area contributed by atoms with E-state index in [4.69, 9.17) is 0 Å². The van der Waals surface area contributed by atoms with Gasteiger partial charge in [0.05, 0.1) is 4.92 Å². The van der Waals surface area contributed by atoms with Crippen molar-refractivity contribution < 1.29 is 10.0 Å². The van der Waals surface area contributed by atoms with E-state index in [1.54, 1.807) is 36.4 Å². The molecule has 2 aromatic carbocycles. The second-order valence-electron chi connectivity index (χ2n) is 4.47. The minimum atomic E-state index is -0.357. The Bertz CT molecular complexity index is 609. The molecule has 0 aromatic heterocycles. The lowest BCUT2D eigenvalue weighted by Gasteiger charge is -2.08. The molecule has 20 heavy (non-hydrogen) atoms. The van der Waals surface area contributed by atoms with Gasteiger partial charge in [-0.2, -0.15) is 0 Å². The molecule has 0 saturated carbocycles. The van der Waals surface area contributed by atoms with Crippen LogP contribution in [0.1, 0.15) is 18.1 Å². The molecule has 0 saturated heterocycles. The third kappa shape index (κ3) is 3.26. The minimum absolute atomic E-state index is 0.142. The number of anilines is 1. The van der Waals surface area contributed by atoms with Crippen LogP contribution < -0.4 is 5.32 Å². The molecule has 0 spiro atoms. The number of nitrogens with zero attached hydrogens (tertiary/aromatic N) is 1. The van der Waals surface area contributed by atoms with Gasteiger partial charge in [-0.3, -0.25) is 10.1 Å². The molecule has 0 aliphatic carbocycles. The van der Waals surface area contributed by atoms with Crippen molar-refractivity contribution in [1.29, 1.82) is 0 Å². The van der Waals surface area contributed by atoms with Gasteiger partial charge in [0.1, 0.15) is 5.75 Å². The van der Waals surface area contributed by atoms with Gasteiger partial charge in [-0.05, 0) is 30.2 Å². The summed E-state index contributed by atoms with van der Waals surface area (Å²) in [7, 11) is 0. The van der Waals surface area contributed by atoms with E-state index in [2.05, 4.69) is 5.32 Å². The van der Waals surface area contributed by atoms with E-state index < -0.39 is 0 Å². The summed E-state index contributed by atoms with van der Waals surface area (Å²) in [5, 5.41) is 23.3. The standard InChI is InChI=1S/C15H16N2O3/c1-2-12-5-6-13(9-15(12)17(19)20)16-10-11-3-7-14(18)8-4-11/h3-9,16,18H,2,10H2,1H3. The Kier molecular flexibility index (Phi) is 4.20. The van der Waals surface area contributed by atoms with Crippen molar-refractivity contribution in [2.75, 3.05) is 5.32 Å². The summed E-state index contributed by atoms with van der Waals surface area (Å²) < 4.78 is 0. The summed E-state index contributed by atoms with van der Waals surface area (Å²) in [4.78, 5) is 10.6. The van der Waals surface area contributed by atoms with Gasteiger partial charge in [0.15, 0.2) is 0 Å². The van der Waals surface area contributed by atoms with Crippen molar-refractivity contribution in [3.05, 3.63) is 63.7 Å². The Labute approximate surface area is 117 Å². The molecule has 2 N–H and O–H groups in total. The molecule has 104 valence electrons. The molecule has 5 nitrogen and oxygen atoms in total. The Morgan fingerprint density at radius 3 is 2.50 bits per heavy atom. The molecule has 0 heterocycles. The normalized spacial score (nSPS) is 10.2.